The molecule has 0 heterocycles. The molecule has 2 N–H and O–H groups in total. The summed E-state index contributed by atoms with van der Waals surface area (Å²) < 4.78 is 0. The molecule has 0 saturated heterocycles. The average molecular weight is 322 g/mol. The first-order valence-corrected chi connectivity index (χ1v) is 8.71. The predicted molar refractivity (Wildman–Crippen MR) is 91.7 cm³/mol. The fourth-order valence-electron chi connectivity index (χ4n) is 5.60. The fourth-order valence-corrected chi connectivity index (χ4v) is 5.60. The summed E-state index contributed by atoms with van der Waals surface area (Å²) in [6.07, 6.45) is 12.5. The SMILES string of the molecule is C#C[C@]1(O)C=CC2[C@@H]3CC(=O)c4cc(O)ccc4C3CC[C@@]21CC. The Labute approximate surface area is 142 Å². The molecule has 24 heavy (non-hydrogen) atoms. The third-order valence-electron chi connectivity index (χ3n) is 6.83. The molecule has 3 heteroatoms. The molecule has 1 saturated carbocycles. The van der Waals surface area contributed by atoms with E-state index in [1.54, 1.807) is 18.2 Å². The molecule has 0 aromatic heterocycles. The number of phenolic OH excluding ortho intramolecular Hbond substituents is 1. The Hall–Kier alpha value is -2.05. The van der Waals surface area contributed by atoms with Crippen LogP contribution in [0.2, 0.25) is 0 Å². The number of carbonyl (C=O) groups is 1. The van der Waals surface area contributed by atoms with E-state index in [-0.39, 0.29) is 34.7 Å². The lowest BCUT2D eigenvalue weighted by atomic mass is 9.51. The maximum atomic E-state index is 12.7. The first kappa shape index (κ1) is 15.5. The molecular formula is C21H22O3. The molecule has 1 aromatic rings. The monoisotopic (exact) mass is 322 g/mol. The van der Waals surface area contributed by atoms with Gasteiger partial charge in [0.25, 0.3) is 0 Å². The van der Waals surface area contributed by atoms with Crippen LogP contribution in [0.25, 0.3) is 0 Å². The largest absolute Gasteiger partial charge is 0.508 e. The van der Waals surface area contributed by atoms with Crippen molar-refractivity contribution in [2.75, 3.05) is 0 Å². The van der Waals surface area contributed by atoms with Crippen molar-refractivity contribution >= 4 is 5.78 Å². The smallest absolute Gasteiger partial charge is 0.163 e. The van der Waals surface area contributed by atoms with Crippen molar-refractivity contribution in [3.8, 4) is 18.1 Å². The zero-order valence-electron chi connectivity index (χ0n) is 13.8. The number of rotatable bonds is 1. The Bertz CT molecular complexity index is 787. The highest BCUT2D eigenvalue weighted by Crippen LogP contribution is 2.63. The topological polar surface area (TPSA) is 57.5 Å². The van der Waals surface area contributed by atoms with E-state index < -0.39 is 5.60 Å². The van der Waals surface area contributed by atoms with Crippen LogP contribution in [0.15, 0.2) is 30.4 Å². The van der Waals surface area contributed by atoms with Crippen molar-refractivity contribution in [3.05, 3.63) is 41.5 Å². The van der Waals surface area contributed by atoms with E-state index in [2.05, 4.69) is 18.9 Å². The number of aliphatic hydroxyl groups is 1. The van der Waals surface area contributed by atoms with Crippen molar-refractivity contribution in [1.82, 2.24) is 0 Å². The van der Waals surface area contributed by atoms with E-state index in [1.165, 1.54) is 0 Å². The molecule has 124 valence electrons. The van der Waals surface area contributed by atoms with Gasteiger partial charge in [0, 0.05) is 17.4 Å². The van der Waals surface area contributed by atoms with Crippen LogP contribution in [0.1, 0.15) is 54.4 Å². The van der Waals surface area contributed by atoms with Gasteiger partial charge in [-0.3, -0.25) is 4.79 Å². The molecule has 0 amide bonds. The van der Waals surface area contributed by atoms with Crippen LogP contribution < -0.4 is 0 Å². The molecule has 0 radical (unpaired) electrons. The first-order chi connectivity index (χ1) is 11.5. The summed E-state index contributed by atoms with van der Waals surface area (Å²) in [5, 5.41) is 20.7. The van der Waals surface area contributed by atoms with Crippen LogP contribution in [0.5, 0.6) is 5.75 Å². The lowest BCUT2D eigenvalue weighted by Crippen LogP contribution is -2.52. The molecule has 0 bridgehead atoms. The van der Waals surface area contributed by atoms with E-state index in [1.807, 2.05) is 6.07 Å². The van der Waals surface area contributed by atoms with Gasteiger partial charge in [-0.15, -0.1) is 6.42 Å². The van der Waals surface area contributed by atoms with E-state index >= 15 is 0 Å². The number of hydrogen-bond donors (Lipinski definition) is 2. The van der Waals surface area contributed by atoms with Crippen molar-refractivity contribution in [2.45, 2.75) is 44.1 Å². The number of hydrogen-bond acceptors (Lipinski definition) is 3. The lowest BCUT2D eigenvalue weighted by molar-refractivity contribution is -0.0641. The summed E-state index contributed by atoms with van der Waals surface area (Å²) in [4.78, 5) is 12.7. The van der Waals surface area contributed by atoms with Gasteiger partial charge >= 0.3 is 0 Å². The third-order valence-corrected chi connectivity index (χ3v) is 6.83. The van der Waals surface area contributed by atoms with Crippen LogP contribution in [0.3, 0.4) is 0 Å². The quantitative estimate of drug-likeness (QED) is 0.615. The maximum Gasteiger partial charge on any atom is 0.163 e. The van der Waals surface area contributed by atoms with Gasteiger partial charge in [0.1, 0.15) is 11.4 Å². The Morgan fingerprint density at radius 3 is 2.92 bits per heavy atom. The van der Waals surface area contributed by atoms with Gasteiger partial charge in [-0.2, -0.15) is 0 Å². The average Bonchev–Trinajstić information content (AvgIpc) is 2.89. The second-order valence-corrected chi connectivity index (χ2v) is 7.51. The molecule has 4 rings (SSSR count). The first-order valence-electron chi connectivity index (χ1n) is 8.71. The van der Waals surface area contributed by atoms with Gasteiger partial charge in [-0.25, -0.2) is 0 Å². The summed E-state index contributed by atoms with van der Waals surface area (Å²) in [6, 6.07) is 5.15. The highest BCUT2D eigenvalue weighted by atomic mass is 16.3. The van der Waals surface area contributed by atoms with Gasteiger partial charge in [0.05, 0.1) is 0 Å². The van der Waals surface area contributed by atoms with E-state index in [0.717, 1.165) is 24.8 Å². The summed E-state index contributed by atoms with van der Waals surface area (Å²) in [7, 11) is 0. The summed E-state index contributed by atoms with van der Waals surface area (Å²) in [6.45, 7) is 2.08. The number of phenols is 1. The van der Waals surface area contributed by atoms with E-state index in [0.29, 0.717) is 12.0 Å². The minimum atomic E-state index is -1.21. The zero-order valence-corrected chi connectivity index (χ0v) is 13.8. The standard InChI is InChI=1S/C21H22O3/c1-3-20-9-7-15-14-6-5-13(22)11-17(14)19(23)12-16(15)18(20)8-10-21(20,24)4-2/h2,5-6,8,10-11,15-16,18,22,24H,3,7,9,12H2,1H3/t15?,16-,18?,20+,21+/m1/s1. The van der Waals surface area contributed by atoms with E-state index in [9.17, 15) is 15.0 Å². The normalized spacial score (nSPS) is 39.7. The second kappa shape index (κ2) is 4.97. The molecule has 5 atom stereocenters. The molecule has 3 aliphatic carbocycles. The number of benzene rings is 1. The van der Waals surface area contributed by atoms with Crippen molar-refractivity contribution < 1.29 is 15.0 Å². The molecule has 0 aliphatic heterocycles. The maximum absolute atomic E-state index is 12.7. The molecule has 1 aromatic carbocycles. The number of ketones is 1. The van der Waals surface area contributed by atoms with Crippen LogP contribution in [-0.2, 0) is 0 Å². The molecular weight excluding hydrogens is 300 g/mol. The Kier molecular flexibility index (Phi) is 3.21. The number of aromatic hydroxyl groups is 1. The highest BCUT2D eigenvalue weighted by Gasteiger charge is 2.60. The Balaban J connectivity index is 1.80. The van der Waals surface area contributed by atoms with Crippen LogP contribution >= 0.6 is 0 Å². The van der Waals surface area contributed by atoms with Crippen molar-refractivity contribution in [2.24, 2.45) is 17.3 Å². The minimum Gasteiger partial charge on any atom is -0.508 e. The number of allylic oxidation sites excluding steroid dienone is 1. The Morgan fingerprint density at radius 1 is 1.42 bits per heavy atom. The second-order valence-electron chi connectivity index (χ2n) is 7.51. The highest BCUT2D eigenvalue weighted by molar-refractivity contribution is 5.99. The van der Waals surface area contributed by atoms with Crippen LogP contribution in [0, 0.1) is 29.6 Å². The van der Waals surface area contributed by atoms with Crippen molar-refractivity contribution in [3.63, 3.8) is 0 Å². The number of fused-ring (bicyclic) bond motifs is 5. The fraction of sp³-hybridized carbons (Fsp3) is 0.476. The Morgan fingerprint density at radius 2 is 2.21 bits per heavy atom. The molecule has 1 fully saturated rings. The molecule has 0 spiro atoms. The summed E-state index contributed by atoms with van der Waals surface area (Å²) >= 11 is 0. The molecule has 3 aliphatic rings. The molecule has 3 nitrogen and oxygen atoms in total. The van der Waals surface area contributed by atoms with Gasteiger partial charge < -0.3 is 10.2 Å². The van der Waals surface area contributed by atoms with Gasteiger partial charge in [-0.1, -0.05) is 25.0 Å². The van der Waals surface area contributed by atoms with Gasteiger partial charge in [-0.05, 0) is 60.8 Å². The predicted octanol–water partition coefficient (Wildman–Crippen LogP) is 3.42. The van der Waals surface area contributed by atoms with Gasteiger partial charge in [0.15, 0.2) is 5.78 Å². The molecule has 2 unspecified atom stereocenters. The number of Topliss-reactive ketones (excluding diaryl/α,β-unsaturated/α-hetero) is 1. The number of carbonyl (C=O) groups excluding carboxylic acids is 1. The zero-order chi connectivity index (χ0) is 17.1. The number of terminal acetylenes is 1. The van der Waals surface area contributed by atoms with Crippen LogP contribution in [0.4, 0.5) is 0 Å². The third kappa shape index (κ3) is 1.75. The van der Waals surface area contributed by atoms with Crippen molar-refractivity contribution in [1.29, 1.82) is 0 Å². The summed E-state index contributed by atoms with van der Waals surface area (Å²) in [5.74, 6) is 3.41. The van der Waals surface area contributed by atoms with Crippen LogP contribution in [-0.4, -0.2) is 21.6 Å². The van der Waals surface area contributed by atoms with Gasteiger partial charge in [0.2, 0.25) is 0 Å². The summed E-state index contributed by atoms with van der Waals surface area (Å²) in [5.41, 5.74) is 0.130. The van der Waals surface area contributed by atoms with E-state index in [4.69, 9.17) is 6.42 Å². The minimum absolute atomic E-state index is 0.0820. The lowest BCUT2D eigenvalue weighted by Gasteiger charge is -2.53.